The van der Waals surface area contributed by atoms with E-state index in [-0.39, 0.29) is 17.8 Å². The third-order valence-electron chi connectivity index (χ3n) is 4.33. The molecule has 0 amide bonds. The molecule has 1 aliphatic rings. The van der Waals surface area contributed by atoms with E-state index in [4.69, 9.17) is 9.52 Å². The van der Waals surface area contributed by atoms with E-state index in [2.05, 4.69) is 24.0 Å². The SMILES string of the molecule is CC(CC(=O)O)Cc1nnc(C2CCCCC2(C)C)o1. The molecule has 5 nitrogen and oxygen atoms in total. The summed E-state index contributed by atoms with van der Waals surface area (Å²) in [5.74, 6) is 0.848. The Morgan fingerprint density at radius 3 is 2.85 bits per heavy atom. The van der Waals surface area contributed by atoms with Gasteiger partial charge in [0.25, 0.3) is 0 Å². The summed E-state index contributed by atoms with van der Waals surface area (Å²) in [4.78, 5) is 10.7. The Hall–Kier alpha value is -1.39. The number of rotatable bonds is 5. The molecule has 0 radical (unpaired) electrons. The van der Waals surface area contributed by atoms with Crippen LogP contribution in [-0.4, -0.2) is 21.3 Å². The minimum Gasteiger partial charge on any atom is -0.481 e. The van der Waals surface area contributed by atoms with Crippen LogP contribution in [0.4, 0.5) is 0 Å². The standard InChI is InChI=1S/C15H24N2O3/c1-10(9-13(18)19)8-12-16-17-14(20-12)11-6-4-5-7-15(11,2)3/h10-11H,4-9H2,1-3H3,(H,18,19). The summed E-state index contributed by atoms with van der Waals surface area (Å²) < 4.78 is 5.80. The highest BCUT2D eigenvalue weighted by molar-refractivity contribution is 5.66. The Morgan fingerprint density at radius 1 is 1.45 bits per heavy atom. The van der Waals surface area contributed by atoms with E-state index < -0.39 is 5.97 Å². The normalized spacial score (nSPS) is 23.4. The molecule has 5 heteroatoms. The van der Waals surface area contributed by atoms with Crippen molar-refractivity contribution >= 4 is 5.97 Å². The third-order valence-corrected chi connectivity index (χ3v) is 4.33. The second-order valence-electron chi connectivity index (χ2n) is 6.73. The second-order valence-corrected chi connectivity index (χ2v) is 6.73. The van der Waals surface area contributed by atoms with Gasteiger partial charge in [0.1, 0.15) is 0 Å². The largest absolute Gasteiger partial charge is 0.481 e. The maximum atomic E-state index is 10.7. The van der Waals surface area contributed by atoms with E-state index in [0.717, 1.165) is 12.3 Å². The molecule has 1 N–H and O–H groups in total. The van der Waals surface area contributed by atoms with Crippen molar-refractivity contribution in [2.45, 2.75) is 65.2 Å². The highest BCUT2D eigenvalue weighted by Gasteiger charge is 2.36. The molecule has 0 saturated heterocycles. The van der Waals surface area contributed by atoms with E-state index in [9.17, 15) is 4.79 Å². The first kappa shape index (κ1) is 15.0. The summed E-state index contributed by atoms with van der Waals surface area (Å²) in [6.45, 7) is 6.41. The quantitative estimate of drug-likeness (QED) is 0.894. The highest BCUT2D eigenvalue weighted by atomic mass is 16.4. The number of carbonyl (C=O) groups is 1. The number of nitrogens with zero attached hydrogens (tertiary/aromatic N) is 2. The van der Waals surface area contributed by atoms with Crippen LogP contribution in [-0.2, 0) is 11.2 Å². The number of carboxylic acids is 1. The molecule has 2 unspecified atom stereocenters. The number of hydrogen-bond donors (Lipinski definition) is 1. The summed E-state index contributed by atoms with van der Waals surface area (Å²) in [6.07, 6.45) is 5.42. The lowest BCUT2D eigenvalue weighted by Crippen LogP contribution is -2.26. The molecule has 0 aliphatic heterocycles. The molecule has 0 spiro atoms. The predicted molar refractivity (Wildman–Crippen MR) is 74.4 cm³/mol. The third kappa shape index (κ3) is 3.58. The molecule has 0 bridgehead atoms. The van der Waals surface area contributed by atoms with Gasteiger partial charge in [-0.2, -0.15) is 0 Å². The molecule has 2 rings (SSSR count). The average molecular weight is 280 g/mol. The number of carboxylic acid groups (broad SMARTS) is 1. The Balaban J connectivity index is 2.03. The maximum Gasteiger partial charge on any atom is 0.303 e. The maximum absolute atomic E-state index is 10.7. The molecule has 1 aliphatic carbocycles. The second kappa shape index (κ2) is 5.94. The zero-order valence-corrected chi connectivity index (χ0v) is 12.6. The molecular weight excluding hydrogens is 256 g/mol. The van der Waals surface area contributed by atoms with Gasteiger partial charge in [0.2, 0.25) is 11.8 Å². The van der Waals surface area contributed by atoms with Gasteiger partial charge in [0, 0.05) is 18.8 Å². The van der Waals surface area contributed by atoms with Crippen molar-refractivity contribution in [2.24, 2.45) is 11.3 Å². The Kier molecular flexibility index (Phi) is 4.45. The van der Waals surface area contributed by atoms with E-state index in [0.29, 0.717) is 18.2 Å². The zero-order chi connectivity index (χ0) is 14.8. The van der Waals surface area contributed by atoms with Crippen LogP contribution in [0.25, 0.3) is 0 Å². The first-order chi connectivity index (χ1) is 9.38. The molecule has 0 aromatic carbocycles. The van der Waals surface area contributed by atoms with Crippen LogP contribution >= 0.6 is 0 Å². The molecule has 1 fully saturated rings. The Labute approximate surface area is 119 Å². The van der Waals surface area contributed by atoms with Gasteiger partial charge < -0.3 is 9.52 Å². The first-order valence-corrected chi connectivity index (χ1v) is 7.42. The minimum absolute atomic E-state index is 0.0140. The van der Waals surface area contributed by atoms with Crippen molar-refractivity contribution in [3.8, 4) is 0 Å². The lowest BCUT2D eigenvalue weighted by Gasteiger charge is -2.36. The van der Waals surface area contributed by atoms with E-state index in [1.165, 1.54) is 19.3 Å². The summed E-state index contributed by atoms with van der Waals surface area (Å²) in [6, 6.07) is 0. The van der Waals surface area contributed by atoms with Crippen molar-refractivity contribution < 1.29 is 14.3 Å². The lowest BCUT2D eigenvalue weighted by molar-refractivity contribution is -0.137. The smallest absolute Gasteiger partial charge is 0.303 e. The number of aliphatic carboxylic acids is 1. The summed E-state index contributed by atoms with van der Waals surface area (Å²) in [7, 11) is 0. The van der Waals surface area contributed by atoms with Crippen LogP contribution in [0.3, 0.4) is 0 Å². The predicted octanol–water partition coefficient (Wildman–Crippen LogP) is 3.41. The number of hydrogen-bond acceptors (Lipinski definition) is 4. The van der Waals surface area contributed by atoms with Crippen LogP contribution in [0, 0.1) is 11.3 Å². The van der Waals surface area contributed by atoms with Gasteiger partial charge in [-0.05, 0) is 24.2 Å². The van der Waals surface area contributed by atoms with Gasteiger partial charge in [-0.15, -0.1) is 10.2 Å². The lowest BCUT2D eigenvalue weighted by atomic mass is 9.69. The van der Waals surface area contributed by atoms with Gasteiger partial charge >= 0.3 is 5.97 Å². The summed E-state index contributed by atoms with van der Waals surface area (Å²) in [5, 5.41) is 17.1. The summed E-state index contributed by atoms with van der Waals surface area (Å²) in [5.41, 5.74) is 0.203. The molecule has 1 heterocycles. The fourth-order valence-corrected chi connectivity index (χ4v) is 3.11. The van der Waals surface area contributed by atoms with Crippen molar-refractivity contribution in [1.82, 2.24) is 10.2 Å². The van der Waals surface area contributed by atoms with E-state index in [1.807, 2.05) is 6.92 Å². The van der Waals surface area contributed by atoms with Gasteiger partial charge in [0.15, 0.2) is 0 Å². The molecule has 20 heavy (non-hydrogen) atoms. The molecule has 2 atom stereocenters. The fourth-order valence-electron chi connectivity index (χ4n) is 3.11. The van der Waals surface area contributed by atoms with Crippen LogP contribution < -0.4 is 0 Å². The molecule has 1 aromatic heterocycles. The molecular formula is C15H24N2O3. The van der Waals surface area contributed by atoms with Crippen LogP contribution in [0.5, 0.6) is 0 Å². The van der Waals surface area contributed by atoms with Crippen LogP contribution in [0.2, 0.25) is 0 Å². The van der Waals surface area contributed by atoms with Crippen molar-refractivity contribution in [3.05, 3.63) is 11.8 Å². The summed E-state index contributed by atoms with van der Waals surface area (Å²) >= 11 is 0. The fraction of sp³-hybridized carbons (Fsp3) is 0.800. The average Bonchev–Trinajstić information content (AvgIpc) is 2.75. The molecule has 1 aromatic rings. The number of aromatic nitrogens is 2. The zero-order valence-electron chi connectivity index (χ0n) is 12.6. The monoisotopic (exact) mass is 280 g/mol. The van der Waals surface area contributed by atoms with Crippen LogP contribution in [0.15, 0.2) is 4.42 Å². The van der Waals surface area contributed by atoms with E-state index >= 15 is 0 Å². The van der Waals surface area contributed by atoms with Crippen LogP contribution in [0.1, 0.15) is 70.6 Å². The van der Waals surface area contributed by atoms with Gasteiger partial charge in [-0.1, -0.05) is 33.6 Å². The highest BCUT2D eigenvalue weighted by Crippen LogP contribution is 2.46. The Bertz CT molecular complexity index is 467. The van der Waals surface area contributed by atoms with Gasteiger partial charge in [-0.3, -0.25) is 4.79 Å². The van der Waals surface area contributed by atoms with Crippen molar-refractivity contribution in [1.29, 1.82) is 0 Å². The van der Waals surface area contributed by atoms with Gasteiger partial charge in [0.05, 0.1) is 0 Å². The molecule has 1 saturated carbocycles. The van der Waals surface area contributed by atoms with Crippen molar-refractivity contribution in [2.75, 3.05) is 0 Å². The van der Waals surface area contributed by atoms with E-state index in [1.54, 1.807) is 0 Å². The minimum atomic E-state index is -0.786. The topological polar surface area (TPSA) is 76.2 Å². The first-order valence-electron chi connectivity index (χ1n) is 7.42. The van der Waals surface area contributed by atoms with Gasteiger partial charge in [-0.25, -0.2) is 0 Å². The molecule has 112 valence electrons. The Morgan fingerprint density at radius 2 is 2.20 bits per heavy atom. The van der Waals surface area contributed by atoms with Crippen molar-refractivity contribution in [3.63, 3.8) is 0 Å².